The maximum atomic E-state index is 12.3. The number of nitrogen functional groups attached to an aromatic ring is 1. The van der Waals surface area contributed by atoms with E-state index in [1.807, 2.05) is 31.3 Å². The Labute approximate surface area is 168 Å². The van der Waals surface area contributed by atoms with E-state index in [-0.39, 0.29) is 11.9 Å². The number of carbonyl (C=O) groups excluding carboxylic acids is 1. The zero-order chi connectivity index (χ0) is 20.5. The minimum absolute atomic E-state index is 0.0517. The van der Waals surface area contributed by atoms with Crippen molar-refractivity contribution < 1.29 is 4.79 Å². The van der Waals surface area contributed by atoms with Crippen LogP contribution in [0.25, 0.3) is 27.5 Å². The van der Waals surface area contributed by atoms with Gasteiger partial charge in [0, 0.05) is 36.0 Å². The van der Waals surface area contributed by atoms with Crippen molar-refractivity contribution >= 4 is 45.4 Å². The molecular weight excluding hydrogens is 366 g/mol. The van der Waals surface area contributed by atoms with Crippen molar-refractivity contribution in [1.29, 1.82) is 5.41 Å². The van der Waals surface area contributed by atoms with Crippen LogP contribution in [0, 0.1) is 5.41 Å². The Kier molecular flexibility index (Phi) is 4.92. The summed E-state index contributed by atoms with van der Waals surface area (Å²) in [5, 5.41) is 16.6. The molecular formula is C21H25N7O. The number of pyridine rings is 1. The van der Waals surface area contributed by atoms with E-state index in [0.29, 0.717) is 29.5 Å². The lowest BCUT2D eigenvalue weighted by atomic mass is 9.93. The number of nitrogens with two attached hydrogens (primary N) is 2. The first-order valence-electron chi connectivity index (χ1n) is 9.80. The van der Waals surface area contributed by atoms with E-state index < -0.39 is 0 Å². The van der Waals surface area contributed by atoms with Gasteiger partial charge in [0.25, 0.3) is 0 Å². The summed E-state index contributed by atoms with van der Waals surface area (Å²) in [6.45, 7) is 1.97. The average Bonchev–Trinajstić information content (AvgIpc) is 3.11. The van der Waals surface area contributed by atoms with Crippen LogP contribution in [-0.2, 0) is 4.79 Å². The van der Waals surface area contributed by atoms with Gasteiger partial charge in [-0.1, -0.05) is 6.07 Å². The third-order valence-electron chi connectivity index (χ3n) is 5.50. The minimum Gasteiger partial charge on any atom is -0.398 e. The van der Waals surface area contributed by atoms with E-state index in [1.165, 1.54) is 12.5 Å². The van der Waals surface area contributed by atoms with Crippen molar-refractivity contribution in [2.45, 2.75) is 44.7 Å². The molecule has 3 aromatic rings. The topological polar surface area (TPSA) is 136 Å². The van der Waals surface area contributed by atoms with Gasteiger partial charge in [-0.05, 0) is 50.0 Å². The van der Waals surface area contributed by atoms with Crippen LogP contribution in [0.15, 0.2) is 30.5 Å². The molecule has 8 heteroatoms. The Morgan fingerprint density at radius 3 is 2.90 bits per heavy atom. The van der Waals surface area contributed by atoms with Gasteiger partial charge in [-0.2, -0.15) is 5.10 Å². The van der Waals surface area contributed by atoms with Crippen molar-refractivity contribution in [2.24, 2.45) is 5.73 Å². The maximum absolute atomic E-state index is 12.3. The second-order valence-corrected chi connectivity index (χ2v) is 7.64. The second-order valence-electron chi connectivity index (χ2n) is 7.64. The molecule has 150 valence electrons. The first-order valence-corrected chi connectivity index (χ1v) is 9.80. The highest BCUT2D eigenvalue weighted by Crippen LogP contribution is 2.29. The van der Waals surface area contributed by atoms with Crippen LogP contribution in [0.4, 0.5) is 5.82 Å². The van der Waals surface area contributed by atoms with E-state index in [4.69, 9.17) is 22.0 Å². The van der Waals surface area contributed by atoms with Gasteiger partial charge < -0.3 is 22.2 Å². The number of carbonyl (C=O) groups is 1. The van der Waals surface area contributed by atoms with Crippen LogP contribution in [-0.4, -0.2) is 32.9 Å². The highest BCUT2D eigenvalue weighted by molar-refractivity contribution is 6.08. The van der Waals surface area contributed by atoms with E-state index in [9.17, 15) is 4.79 Å². The van der Waals surface area contributed by atoms with E-state index >= 15 is 0 Å². The molecule has 6 N–H and O–H groups in total. The predicted octanol–water partition coefficient (Wildman–Crippen LogP) is 2.74. The third kappa shape index (κ3) is 3.65. The number of allylic oxidation sites excluding steroid dienone is 1. The first kappa shape index (κ1) is 18.9. The third-order valence-corrected chi connectivity index (χ3v) is 5.50. The Morgan fingerprint density at radius 1 is 1.41 bits per heavy atom. The lowest BCUT2D eigenvalue weighted by Gasteiger charge is -2.27. The molecule has 8 nitrogen and oxygen atoms in total. The molecule has 1 aliphatic carbocycles. The summed E-state index contributed by atoms with van der Waals surface area (Å²) in [7, 11) is 0. The number of rotatable bonds is 6. The number of benzene rings is 1. The molecule has 1 unspecified atom stereocenters. The molecule has 0 radical (unpaired) electrons. The van der Waals surface area contributed by atoms with Crippen molar-refractivity contribution in [2.75, 3.05) is 5.73 Å². The fourth-order valence-corrected chi connectivity index (χ4v) is 3.58. The van der Waals surface area contributed by atoms with Crippen molar-refractivity contribution in [3.05, 3.63) is 36.0 Å². The molecule has 1 saturated carbocycles. The van der Waals surface area contributed by atoms with Crippen LogP contribution in [0.5, 0.6) is 0 Å². The lowest BCUT2D eigenvalue weighted by Crippen LogP contribution is -2.40. The predicted molar refractivity (Wildman–Crippen MR) is 116 cm³/mol. The van der Waals surface area contributed by atoms with Gasteiger partial charge in [0.05, 0.1) is 16.9 Å². The molecule has 29 heavy (non-hydrogen) atoms. The van der Waals surface area contributed by atoms with Crippen LogP contribution < -0.4 is 16.8 Å². The second kappa shape index (κ2) is 7.54. The summed E-state index contributed by atoms with van der Waals surface area (Å²) >= 11 is 0. The number of fused-ring (bicyclic) bond motifs is 3. The molecule has 0 saturated heterocycles. The van der Waals surface area contributed by atoms with Crippen LogP contribution in [0.1, 0.15) is 44.2 Å². The summed E-state index contributed by atoms with van der Waals surface area (Å²) in [4.78, 5) is 16.8. The number of amides is 1. The molecule has 1 aliphatic rings. The Hall–Kier alpha value is -3.42. The molecule has 0 aliphatic heterocycles. The Bertz CT molecular complexity index is 1130. The summed E-state index contributed by atoms with van der Waals surface area (Å²) in [6, 6.07) is 5.87. The van der Waals surface area contributed by atoms with Gasteiger partial charge in [-0.15, -0.1) is 0 Å². The maximum Gasteiger partial charge on any atom is 0.222 e. The van der Waals surface area contributed by atoms with Gasteiger partial charge in [-0.3, -0.25) is 9.48 Å². The van der Waals surface area contributed by atoms with Crippen LogP contribution >= 0.6 is 0 Å². The minimum atomic E-state index is -0.0950. The van der Waals surface area contributed by atoms with E-state index in [1.54, 1.807) is 4.68 Å². The van der Waals surface area contributed by atoms with Crippen LogP contribution in [0.2, 0.25) is 0 Å². The highest BCUT2D eigenvalue weighted by atomic mass is 16.1. The summed E-state index contributed by atoms with van der Waals surface area (Å²) < 4.78 is 1.79. The number of hydrogen-bond acceptors (Lipinski definition) is 6. The number of hydrogen-bond donors (Lipinski definition) is 4. The van der Waals surface area contributed by atoms with Crippen molar-refractivity contribution in [3.63, 3.8) is 0 Å². The van der Waals surface area contributed by atoms with Gasteiger partial charge in [0.1, 0.15) is 11.3 Å². The molecule has 1 atom stereocenters. The fraction of sp³-hybridized carbons (Fsp3) is 0.333. The fourth-order valence-electron chi connectivity index (χ4n) is 3.58. The number of nitrogens with zero attached hydrogens (tertiary/aromatic N) is 3. The standard InChI is InChI=1S/C21H25N7O/c1-12(9-19(29)25-14-3-2-4-14)28-11-16-20(27-28)15-6-5-13(17(23)7-8-22)10-18(15)26-21(16)24/h5-8,10-12,14,22H,2-4,9,23H2,1H3,(H2,24,26)(H,25,29). The molecule has 2 heterocycles. The molecule has 1 aromatic carbocycles. The largest absolute Gasteiger partial charge is 0.398 e. The van der Waals surface area contributed by atoms with Gasteiger partial charge in [0.15, 0.2) is 0 Å². The first-order chi connectivity index (χ1) is 14.0. The molecule has 2 aromatic heterocycles. The monoisotopic (exact) mass is 391 g/mol. The molecule has 4 rings (SSSR count). The quantitative estimate of drug-likeness (QED) is 0.479. The van der Waals surface area contributed by atoms with Crippen molar-refractivity contribution in [1.82, 2.24) is 20.1 Å². The zero-order valence-electron chi connectivity index (χ0n) is 16.4. The number of aromatic nitrogens is 3. The normalized spacial score (nSPS) is 16.0. The van der Waals surface area contributed by atoms with Gasteiger partial charge >= 0.3 is 0 Å². The summed E-state index contributed by atoms with van der Waals surface area (Å²) in [5.74, 6) is 0.437. The molecule has 0 bridgehead atoms. The van der Waals surface area contributed by atoms with E-state index in [0.717, 1.165) is 40.9 Å². The van der Waals surface area contributed by atoms with Gasteiger partial charge in [-0.25, -0.2) is 4.98 Å². The smallest absolute Gasteiger partial charge is 0.222 e. The summed E-state index contributed by atoms with van der Waals surface area (Å²) in [5.41, 5.74) is 14.9. The van der Waals surface area contributed by atoms with Crippen molar-refractivity contribution in [3.8, 4) is 0 Å². The Morgan fingerprint density at radius 2 is 2.21 bits per heavy atom. The summed E-state index contributed by atoms with van der Waals surface area (Å²) in [6.07, 6.45) is 8.22. The molecule has 0 spiro atoms. The zero-order valence-corrected chi connectivity index (χ0v) is 16.4. The number of nitrogens with one attached hydrogen (secondary N) is 2. The van der Waals surface area contributed by atoms with Crippen LogP contribution in [0.3, 0.4) is 0 Å². The van der Waals surface area contributed by atoms with E-state index in [2.05, 4.69) is 10.3 Å². The average molecular weight is 391 g/mol. The molecule has 1 amide bonds. The highest BCUT2D eigenvalue weighted by Gasteiger charge is 2.21. The molecule has 1 fully saturated rings. The van der Waals surface area contributed by atoms with Gasteiger partial charge in [0.2, 0.25) is 5.91 Å². The lowest BCUT2D eigenvalue weighted by molar-refractivity contribution is -0.123. The number of anilines is 1. The Balaban J connectivity index is 1.66. The SMILES string of the molecule is CC(CC(=O)NC1CCC1)n1cc2c(N)nc3cc(C(N)=CC=N)ccc3c2n1.